The molecule has 5 atom stereocenters. The molecule has 4 nitrogen and oxygen atoms in total. The van der Waals surface area contributed by atoms with Gasteiger partial charge in [0, 0.05) is 0 Å². The molecule has 0 aliphatic carbocycles. The van der Waals surface area contributed by atoms with Gasteiger partial charge in [0.25, 0.3) is 0 Å². The van der Waals surface area contributed by atoms with Crippen LogP contribution in [0.3, 0.4) is 0 Å². The number of aliphatic hydroxyl groups is 2. The van der Waals surface area contributed by atoms with E-state index in [2.05, 4.69) is 0 Å². The van der Waals surface area contributed by atoms with E-state index >= 15 is 0 Å². The standard InChI is InChI=1S/C8H16O4Se/c1-4-5(9)6(10)7(11-2)8(12-4)13-3/h4-10H,1-3H3/t4-,5+,6+,7-,8-/m0/s1. The molecule has 78 valence electrons. The van der Waals surface area contributed by atoms with E-state index in [1.165, 1.54) is 7.11 Å². The minimum absolute atomic E-state index is 0.0640. The molecule has 0 spiro atoms. The Bertz CT molecular complexity index is 164. The molecule has 0 aromatic heterocycles. The molecule has 0 saturated carbocycles. The van der Waals surface area contributed by atoms with Gasteiger partial charge < -0.3 is 0 Å². The van der Waals surface area contributed by atoms with Crippen molar-refractivity contribution >= 4 is 15.0 Å². The molecule has 0 unspecified atom stereocenters. The van der Waals surface area contributed by atoms with Crippen molar-refractivity contribution in [3.63, 3.8) is 0 Å². The van der Waals surface area contributed by atoms with Gasteiger partial charge in [-0.15, -0.1) is 0 Å². The number of hydrogen-bond donors (Lipinski definition) is 2. The van der Waals surface area contributed by atoms with Crippen molar-refractivity contribution < 1.29 is 19.7 Å². The molecular formula is C8H16O4Se. The zero-order chi connectivity index (χ0) is 10.0. The molecule has 5 heteroatoms. The van der Waals surface area contributed by atoms with Crippen molar-refractivity contribution in [2.75, 3.05) is 7.11 Å². The molecule has 0 radical (unpaired) electrons. The molecule has 1 rings (SSSR count). The molecular weight excluding hydrogens is 239 g/mol. The Morgan fingerprint density at radius 2 is 1.92 bits per heavy atom. The summed E-state index contributed by atoms with van der Waals surface area (Å²) in [5.74, 6) is 2.03. The average molecular weight is 255 g/mol. The van der Waals surface area contributed by atoms with E-state index in [0.29, 0.717) is 0 Å². The topological polar surface area (TPSA) is 58.9 Å². The Morgan fingerprint density at radius 3 is 2.38 bits per heavy atom. The Kier molecular flexibility index (Phi) is 4.16. The Labute approximate surface area is 84.4 Å². The van der Waals surface area contributed by atoms with Gasteiger partial charge in [0.2, 0.25) is 0 Å². The van der Waals surface area contributed by atoms with Crippen molar-refractivity contribution in [1.82, 2.24) is 0 Å². The van der Waals surface area contributed by atoms with Crippen LogP contribution in [-0.4, -0.2) is 61.7 Å². The Balaban J connectivity index is 2.69. The summed E-state index contributed by atoms with van der Waals surface area (Å²) < 4.78 is 10.6. The molecule has 0 amide bonds. The Morgan fingerprint density at radius 1 is 1.31 bits per heavy atom. The fourth-order valence-electron chi connectivity index (χ4n) is 1.44. The van der Waals surface area contributed by atoms with Crippen LogP contribution in [0.2, 0.25) is 5.82 Å². The van der Waals surface area contributed by atoms with Crippen molar-refractivity contribution in [3.8, 4) is 0 Å². The van der Waals surface area contributed by atoms with Crippen LogP contribution in [-0.2, 0) is 9.47 Å². The quantitative estimate of drug-likeness (QED) is 0.636. The zero-order valence-electron chi connectivity index (χ0n) is 8.01. The van der Waals surface area contributed by atoms with E-state index in [4.69, 9.17) is 9.47 Å². The van der Waals surface area contributed by atoms with Crippen molar-refractivity contribution in [1.29, 1.82) is 0 Å². The van der Waals surface area contributed by atoms with Gasteiger partial charge in [-0.05, 0) is 0 Å². The van der Waals surface area contributed by atoms with Gasteiger partial charge in [0.15, 0.2) is 0 Å². The van der Waals surface area contributed by atoms with Gasteiger partial charge in [0.1, 0.15) is 0 Å². The number of aliphatic hydroxyl groups excluding tert-OH is 2. The van der Waals surface area contributed by atoms with Gasteiger partial charge in [-0.25, -0.2) is 0 Å². The third kappa shape index (κ3) is 2.24. The van der Waals surface area contributed by atoms with Gasteiger partial charge >= 0.3 is 83.9 Å². The molecule has 1 fully saturated rings. The predicted molar refractivity (Wildman–Crippen MR) is 48.8 cm³/mol. The van der Waals surface area contributed by atoms with E-state index in [1.54, 1.807) is 6.92 Å². The molecule has 2 N–H and O–H groups in total. The van der Waals surface area contributed by atoms with E-state index in [1.807, 2.05) is 5.82 Å². The number of rotatable bonds is 2. The van der Waals surface area contributed by atoms with Gasteiger partial charge in [-0.3, -0.25) is 0 Å². The van der Waals surface area contributed by atoms with E-state index in [9.17, 15) is 10.2 Å². The average Bonchev–Trinajstić information content (AvgIpc) is 2.13. The second-order valence-corrected chi connectivity index (χ2v) is 5.09. The fraction of sp³-hybridized carbons (Fsp3) is 1.00. The number of methoxy groups -OCH3 is 1. The third-order valence-electron chi connectivity index (χ3n) is 2.29. The van der Waals surface area contributed by atoms with Crippen molar-refractivity contribution in [3.05, 3.63) is 0 Å². The van der Waals surface area contributed by atoms with Crippen LogP contribution >= 0.6 is 0 Å². The molecule has 1 heterocycles. The molecule has 13 heavy (non-hydrogen) atoms. The third-order valence-corrected chi connectivity index (χ3v) is 4.06. The van der Waals surface area contributed by atoms with Crippen molar-refractivity contribution in [2.45, 2.75) is 42.2 Å². The second kappa shape index (κ2) is 4.73. The molecule has 0 aromatic carbocycles. The molecule has 1 aliphatic heterocycles. The first kappa shape index (κ1) is 11.4. The molecule has 0 aromatic rings. The summed E-state index contributed by atoms with van der Waals surface area (Å²) in [6.45, 7) is 1.76. The Hall–Kier alpha value is 0.359. The van der Waals surface area contributed by atoms with Crippen LogP contribution < -0.4 is 0 Å². The maximum atomic E-state index is 9.66. The summed E-state index contributed by atoms with van der Waals surface area (Å²) in [6.07, 6.45) is -2.38. The van der Waals surface area contributed by atoms with Gasteiger partial charge in [-0.2, -0.15) is 0 Å². The summed E-state index contributed by atoms with van der Waals surface area (Å²) in [6, 6.07) is 0. The molecule has 0 bridgehead atoms. The summed E-state index contributed by atoms with van der Waals surface area (Å²) in [4.78, 5) is 0. The minimum atomic E-state index is -0.844. The zero-order valence-corrected chi connectivity index (χ0v) is 9.72. The monoisotopic (exact) mass is 256 g/mol. The fourth-order valence-corrected chi connectivity index (χ4v) is 3.18. The predicted octanol–water partition coefficient (Wildman–Crippen LogP) is -0.780. The van der Waals surface area contributed by atoms with E-state index < -0.39 is 18.3 Å². The van der Waals surface area contributed by atoms with Gasteiger partial charge in [-0.1, -0.05) is 0 Å². The van der Waals surface area contributed by atoms with Crippen LogP contribution in [0.15, 0.2) is 0 Å². The maximum absolute atomic E-state index is 9.66. The van der Waals surface area contributed by atoms with Crippen LogP contribution in [0.5, 0.6) is 0 Å². The number of hydrogen-bond acceptors (Lipinski definition) is 4. The molecule has 1 aliphatic rings. The first-order valence-corrected chi connectivity index (χ1v) is 6.89. The SMILES string of the molecule is CO[C@H]1[C@H](O)[C@H](O)[C@H](C)O[C@H]1[Se]C. The van der Waals surface area contributed by atoms with Crippen LogP contribution in [0.1, 0.15) is 6.92 Å². The van der Waals surface area contributed by atoms with E-state index in [-0.39, 0.29) is 26.1 Å². The van der Waals surface area contributed by atoms with Crippen LogP contribution in [0, 0.1) is 0 Å². The molecule has 1 saturated heterocycles. The van der Waals surface area contributed by atoms with E-state index in [0.717, 1.165) is 0 Å². The van der Waals surface area contributed by atoms with Gasteiger partial charge in [0.05, 0.1) is 0 Å². The first-order chi connectivity index (χ1) is 6.11. The second-order valence-electron chi connectivity index (χ2n) is 3.13. The summed E-state index contributed by atoms with van der Waals surface area (Å²) in [5, 5.41) is 19.1. The summed E-state index contributed by atoms with van der Waals surface area (Å²) in [5.41, 5.74) is 0. The summed E-state index contributed by atoms with van der Waals surface area (Å²) in [7, 11) is 1.53. The summed E-state index contributed by atoms with van der Waals surface area (Å²) >= 11 is 0.246. The van der Waals surface area contributed by atoms with Crippen LogP contribution in [0.25, 0.3) is 0 Å². The number of ether oxygens (including phenoxy) is 2. The first-order valence-electron chi connectivity index (χ1n) is 4.19. The normalized spacial score (nSPS) is 46.4. The van der Waals surface area contributed by atoms with Crippen molar-refractivity contribution in [2.24, 2.45) is 0 Å². The van der Waals surface area contributed by atoms with Crippen LogP contribution in [0.4, 0.5) is 0 Å².